The topological polar surface area (TPSA) is 40.5 Å². The van der Waals surface area contributed by atoms with Crippen molar-refractivity contribution in [3.05, 3.63) is 47.0 Å². The van der Waals surface area contributed by atoms with Gasteiger partial charge >= 0.3 is 5.97 Å². The van der Waals surface area contributed by atoms with Crippen molar-refractivity contribution in [2.75, 3.05) is 19.6 Å². The fourth-order valence-corrected chi connectivity index (χ4v) is 2.89. The van der Waals surface area contributed by atoms with Gasteiger partial charge in [0.05, 0.1) is 5.56 Å². The molecule has 1 aliphatic heterocycles. The monoisotopic (exact) mass is 301 g/mol. The van der Waals surface area contributed by atoms with Crippen molar-refractivity contribution >= 4 is 5.97 Å². The van der Waals surface area contributed by atoms with Crippen molar-refractivity contribution in [3.8, 4) is 0 Å². The summed E-state index contributed by atoms with van der Waals surface area (Å²) in [6.07, 6.45) is 4.73. The van der Waals surface area contributed by atoms with Crippen LogP contribution in [0.1, 0.15) is 55.5 Å². The molecule has 0 radical (unpaired) electrons. The lowest BCUT2D eigenvalue weighted by Crippen LogP contribution is -2.31. The van der Waals surface area contributed by atoms with Crippen LogP contribution >= 0.6 is 0 Å². The molecule has 1 aromatic rings. The van der Waals surface area contributed by atoms with Crippen LogP contribution in [-0.2, 0) is 0 Å². The summed E-state index contributed by atoms with van der Waals surface area (Å²) in [6.45, 7) is 10.1. The van der Waals surface area contributed by atoms with Gasteiger partial charge in [-0.25, -0.2) is 4.79 Å². The van der Waals surface area contributed by atoms with Gasteiger partial charge in [0, 0.05) is 19.0 Å². The van der Waals surface area contributed by atoms with Gasteiger partial charge in [-0.15, -0.1) is 0 Å². The van der Waals surface area contributed by atoms with E-state index >= 15 is 0 Å². The Labute approximate surface area is 133 Å². The molecule has 0 saturated heterocycles. The van der Waals surface area contributed by atoms with E-state index in [0.717, 1.165) is 25.4 Å². The van der Waals surface area contributed by atoms with Crippen LogP contribution in [0.15, 0.2) is 35.9 Å². The molecule has 1 atom stereocenters. The van der Waals surface area contributed by atoms with Gasteiger partial charge in [0.1, 0.15) is 0 Å². The molecule has 1 aromatic carbocycles. The first-order chi connectivity index (χ1) is 10.5. The van der Waals surface area contributed by atoms with Crippen LogP contribution in [0, 0.1) is 5.92 Å². The number of nitrogens with zero attached hydrogens (tertiary/aromatic N) is 1. The van der Waals surface area contributed by atoms with E-state index in [9.17, 15) is 4.79 Å². The predicted octanol–water partition coefficient (Wildman–Crippen LogP) is 4.17. The van der Waals surface area contributed by atoms with Crippen molar-refractivity contribution in [1.82, 2.24) is 4.90 Å². The average Bonchev–Trinajstić information content (AvgIpc) is 2.53. The lowest BCUT2D eigenvalue weighted by atomic mass is 9.88. The number of hydrogen-bond donors (Lipinski definition) is 1. The maximum absolute atomic E-state index is 10.9. The van der Waals surface area contributed by atoms with E-state index in [2.05, 4.69) is 31.7 Å². The Balaban J connectivity index is 1.95. The predicted molar refractivity (Wildman–Crippen MR) is 90.4 cm³/mol. The lowest BCUT2D eigenvalue weighted by Gasteiger charge is -2.29. The van der Waals surface area contributed by atoms with Gasteiger partial charge in [-0.2, -0.15) is 0 Å². The third-order valence-corrected chi connectivity index (χ3v) is 4.56. The summed E-state index contributed by atoms with van der Waals surface area (Å²) in [4.78, 5) is 13.4. The molecule has 1 N–H and O–H groups in total. The molecular formula is C19H27NO2. The normalized spacial score (nSPS) is 17.4. The summed E-state index contributed by atoms with van der Waals surface area (Å²) < 4.78 is 0. The van der Waals surface area contributed by atoms with Gasteiger partial charge in [-0.1, -0.05) is 44.6 Å². The number of rotatable bonds is 6. The number of carboxylic acid groups (broad SMARTS) is 1. The van der Waals surface area contributed by atoms with Gasteiger partial charge < -0.3 is 5.11 Å². The molecule has 0 bridgehead atoms. The van der Waals surface area contributed by atoms with Crippen molar-refractivity contribution in [1.29, 1.82) is 0 Å². The zero-order valence-corrected chi connectivity index (χ0v) is 13.9. The molecule has 3 nitrogen and oxygen atoms in total. The van der Waals surface area contributed by atoms with Gasteiger partial charge in [0.2, 0.25) is 0 Å². The van der Waals surface area contributed by atoms with Crippen molar-refractivity contribution in [2.24, 2.45) is 5.92 Å². The van der Waals surface area contributed by atoms with Gasteiger partial charge in [0.25, 0.3) is 0 Å². The largest absolute Gasteiger partial charge is 0.478 e. The van der Waals surface area contributed by atoms with E-state index in [-0.39, 0.29) is 0 Å². The second-order valence-corrected chi connectivity index (χ2v) is 6.66. The number of benzene rings is 1. The van der Waals surface area contributed by atoms with E-state index in [1.54, 1.807) is 12.1 Å². The molecule has 0 aromatic heterocycles. The fourth-order valence-electron chi connectivity index (χ4n) is 2.89. The molecule has 0 amide bonds. The maximum atomic E-state index is 10.9. The molecule has 0 aliphatic carbocycles. The molecule has 1 heterocycles. The molecule has 1 unspecified atom stereocenters. The number of carboxylic acids is 1. The molecule has 3 heteroatoms. The fraction of sp³-hybridized carbons (Fsp3) is 0.526. The van der Waals surface area contributed by atoms with Crippen LogP contribution in [0.4, 0.5) is 0 Å². The minimum absolute atomic E-state index is 0.355. The average molecular weight is 301 g/mol. The Morgan fingerprint density at radius 2 is 1.91 bits per heavy atom. The van der Waals surface area contributed by atoms with E-state index in [4.69, 9.17) is 5.11 Å². The first-order valence-electron chi connectivity index (χ1n) is 8.22. The second kappa shape index (κ2) is 7.59. The first kappa shape index (κ1) is 16.8. The maximum Gasteiger partial charge on any atom is 0.335 e. The molecule has 120 valence electrons. The number of aromatic carboxylic acids is 1. The minimum atomic E-state index is -0.864. The second-order valence-electron chi connectivity index (χ2n) is 6.66. The van der Waals surface area contributed by atoms with Crippen LogP contribution in [0.3, 0.4) is 0 Å². The number of hydrogen-bond acceptors (Lipinski definition) is 2. The Kier molecular flexibility index (Phi) is 5.78. The molecule has 1 aliphatic rings. The van der Waals surface area contributed by atoms with Crippen LogP contribution in [0.5, 0.6) is 0 Å². The van der Waals surface area contributed by atoms with E-state index in [0.29, 0.717) is 11.5 Å². The summed E-state index contributed by atoms with van der Waals surface area (Å²) in [6, 6.07) is 7.29. The number of carbonyl (C=O) groups is 1. The quantitative estimate of drug-likeness (QED) is 0.802. The minimum Gasteiger partial charge on any atom is -0.478 e. The van der Waals surface area contributed by atoms with Crippen molar-refractivity contribution in [2.45, 2.75) is 39.5 Å². The van der Waals surface area contributed by atoms with Crippen LogP contribution in [0.25, 0.3) is 0 Å². The molecule has 0 fully saturated rings. The molecular weight excluding hydrogens is 274 g/mol. The standard InChI is InChI=1S/C19H27NO2/c1-14(2)8-11-20-12-9-17(10-13-20)15(3)16-4-6-18(7-5-16)19(21)22/h4-7,9,14-15H,8,10-13H2,1-3H3,(H,21,22). The Bertz CT molecular complexity index is 531. The van der Waals surface area contributed by atoms with E-state index in [1.807, 2.05) is 12.1 Å². The summed E-state index contributed by atoms with van der Waals surface area (Å²) in [7, 11) is 0. The first-order valence-corrected chi connectivity index (χ1v) is 8.22. The molecule has 0 saturated carbocycles. The zero-order valence-electron chi connectivity index (χ0n) is 13.9. The SMILES string of the molecule is CC(C)CCN1CC=C(C(C)c2ccc(C(=O)O)cc2)CC1. The molecule has 22 heavy (non-hydrogen) atoms. The Hall–Kier alpha value is -1.61. The summed E-state index contributed by atoms with van der Waals surface area (Å²) in [5, 5.41) is 8.96. The summed E-state index contributed by atoms with van der Waals surface area (Å²) >= 11 is 0. The third kappa shape index (κ3) is 4.44. The van der Waals surface area contributed by atoms with Crippen molar-refractivity contribution in [3.63, 3.8) is 0 Å². The van der Waals surface area contributed by atoms with Crippen LogP contribution in [0.2, 0.25) is 0 Å². The Morgan fingerprint density at radius 1 is 1.23 bits per heavy atom. The molecule has 0 spiro atoms. The summed E-state index contributed by atoms with van der Waals surface area (Å²) in [5.74, 6) is 0.268. The lowest BCUT2D eigenvalue weighted by molar-refractivity contribution is 0.0697. The smallest absolute Gasteiger partial charge is 0.335 e. The highest BCUT2D eigenvalue weighted by Gasteiger charge is 2.17. The highest BCUT2D eigenvalue weighted by Crippen LogP contribution is 2.28. The molecule has 2 rings (SSSR count). The highest BCUT2D eigenvalue weighted by atomic mass is 16.4. The van der Waals surface area contributed by atoms with E-state index in [1.165, 1.54) is 24.1 Å². The highest BCUT2D eigenvalue weighted by molar-refractivity contribution is 5.87. The summed E-state index contributed by atoms with van der Waals surface area (Å²) in [5.41, 5.74) is 3.03. The zero-order chi connectivity index (χ0) is 16.1. The van der Waals surface area contributed by atoms with Crippen LogP contribution in [-0.4, -0.2) is 35.6 Å². The third-order valence-electron chi connectivity index (χ3n) is 4.56. The van der Waals surface area contributed by atoms with Crippen molar-refractivity contribution < 1.29 is 9.90 Å². The van der Waals surface area contributed by atoms with Crippen LogP contribution < -0.4 is 0 Å². The van der Waals surface area contributed by atoms with Gasteiger partial charge in [-0.3, -0.25) is 4.90 Å². The van der Waals surface area contributed by atoms with E-state index < -0.39 is 5.97 Å². The van der Waals surface area contributed by atoms with Gasteiger partial charge in [-0.05, 0) is 43.0 Å². The Morgan fingerprint density at radius 3 is 2.41 bits per heavy atom. The van der Waals surface area contributed by atoms with Gasteiger partial charge in [0.15, 0.2) is 0 Å².